The highest BCUT2D eigenvalue weighted by Crippen LogP contribution is 2.37. The number of nitrogens with zero attached hydrogens (tertiary/aromatic N) is 4. The van der Waals surface area contributed by atoms with Crippen molar-refractivity contribution in [1.29, 1.82) is 10.5 Å². The van der Waals surface area contributed by atoms with E-state index in [0.717, 1.165) is 22.3 Å². The number of fused-ring (bicyclic) bond motifs is 1. The summed E-state index contributed by atoms with van der Waals surface area (Å²) < 4.78 is 6.15. The first-order valence-corrected chi connectivity index (χ1v) is 8.45. The van der Waals surface area contributed by atoms with Crippen molar-refractivity contribution in [3.8, 4) is 29.1 Å². The number of benzene rings is 2. The van der Waals surface area contributed by atoms with Crippen LogP contribution in [0.5, 0.6) is 5.75 Å². The molecule has 1 atom stereocenters. The molecule has 0 N–H and O–H groups in total. The van der Waals surface area contributed by atoms with E-state index in [4.69, 9.17) is 15.3 Å². The minimum Gasteiger partial charge on any atom is -0.485 e. The minimum absolute atomic E-state index is 0.230. The van der Waals surface area contributed by atoms with Crippen LogP contribution >= 0.6 is 0 Å². The smallest absolute Gasteiger partial charge is 0.205 e. The lowest BCUT2D eigenvalue weighted by molar-refractivity contribution is 0.206. The number of aromatic nitrogens is 1. The van der Waals surface area contributed by atoms with Gasteiger partial charge in [0.15, 0.2) is 0 Å². The van der Waals surface area contributed by atoms with Crippen molar-refractivity contribution < 1.29 is 4.74 Å². The summed E-state index contributed by atoms with van der Waals surface area (Å²) in [5.41, 5.74) is 4.91. The van der Waals surface area contributed by atoms with Gasteiger partial charge in [-0.05, 0) is 41.5 Å². The summed E-state index contributed by atoms with van der Waals surface area (Å²) in [5.74, 6) is 0.685. The van der Waals surface area contributed by atoms with Crippen LogP contribution in [-0.2, 0) is 0 Å². The average molecular weight is 350 g/mol. The highest BCUT2D eigenvalue weighted by Gasteiger charge is 2.27. The Balaban J connectivity index is 1.76. The second-order valence-electron chi connectivity index (χ2n) is 6.16. The van der Waals surface area contributed by atoms with Crippen LogP contribution in [0, 0.1) is 22.8 Å². The average Bonchev–Trinajstić information content (AvgIpc) is 2.74. The molecule has 5 heteroatoms. The third kappa shape index (κ3) is 3.27. The fourth-order valence-corrected chi connectivity index (χ4v) is 3.21. The number of aliphatic imine (C=N–C) groups is 1. The van der Waals surface area contributed by atoms with Crippen LogP contribution in [0.1, 0.15) is 29.2 Å². The topological polar surface area (TPSA) is 82.1 Å². The third-order valence-corrected chi connectivity index (χ3v) is 4.50. The minimum atomic E-state index is -0.230. The van der Waals surface area contributed by atoms with Gasteiger partial charge in [0, 0.05) is 29.9 Å². The molecule has 0 saturated carbocycles. The van der Waals surface area contributed by atoms with Gasteiger partial charge < -0.3 is 4.74 Å². The van der Waals surface area contributed by atoms with Crippen LogP contribution in [-0.4, -0.2) is 10.7 Å². The first-order chi connectivity index (χ1) is 13.3. The summed E-state index contributed by atoms with van der Waals surface area (Å²) >= 11 is 0. The molecule has 0 bridgehead atoms. The SMILES string of the molecule is N#C/N=C1\CC(c2cccnc2)Oc2ccc(-c3cccc(C#N)c3)cc21. The Kier molecular flexibility index (Phi) is 4.35. The standard InChI is InChI=1S/C22H14N4O/c23-12-15-3-1-4-16(9-15)17-6-7-21-19(10-17)20(26-14-24)11-22(27-21)18-5-2-8-25-13-18/h1-10,13,22H,11H2/b26-20+. The Bertz CT molecular complexity index is 1110. The van der Waals surface area contributed by atoms with E-state index in [2.05, 4.69) is 16.0 Å². The summed E-state index contributed by atoms with van der Waals surface area (Å²) in [7, 11) is 0. The lowest BCUT2D eigenvalue weighted by Gasteiger charge is -2.27. The quantitative estimate of drug-likeness (QED) is 0.641. The zero-order valence-corrected chi connectivity index (χ0v) is 14.3. The van der Waals surface area contributed by atoms with Crippen LogP contribution in [0.4, 0.5) is 0 Å². The number of pyridine rings is 1. The van der Waals surface area contributed by atoms with Gasteiger partial charge in [-0.3, -0.25) is 4.98 Å². The maximum Gasteiger partial charge on any atom is 0.205 e. The molecule has 0 fully saturated rings. The Labute approximate surface area is 156 Å². The Morgan fingerprint density at radius 1 is 1.04 bits per heavy atom. The molecule has 2 aromatic carbocycles. The van der Waals surface area contributed by atoms with Crippen LogP contribution in [0.2, 0.25) is 0 Å². The second-order valence-corrected chi connectivity index (χ2v) is 6.16. The number of rotatable bonds is 2. The second kappa shape index (κ2) is 7.11. The van der Waals surface area contributed by atoms with Gasteiger partial charge in [0.05, 0.1) is 17.3 Å². The van der Waals surface area contributed by atoms with Gasteiger partial charge in [-0.15, -0.1) is 0 Å². The van der Waals surface area contributed by atoms with E-state index in [1.807, 2.05) is 54.7 Å². The molecule has 1 aliphatic rings. The first kappa shape index (κ1) is 16.5. The fraction of sp³-hybridized carbons (Fsp3) is 0.0909. The number of nitriles is 2. The number of hydrogen-bond donors (Lipinski definition) is 0. The summed E-state index contributed by atoms with van der Waals surface area (Å²) in [5, 5.41) is 18.2. The predicted molar refractivity (Wildman–Crippen MR) is 101 cm³/mol. The summed E-state index contributed by atoms with van der Waals surface area (Å²) in [6, 6.07) is 19.2. The molecule has 0 radical (unpaired) electrons. The summed E-state index contributed by atoms with van der Waals surface area (Å²) in [6.45, 7) is 0. The molecular weight excluding hydrogens is 336 g/mol. The largest absolute Gasteiger partial charge is 0.485 e. The molecule has 1 aromatic heterocycles. The number of hydrogen-bond acceptors (Lipinski definition) is 5. The van der Waals surface area contributed by atoms with Crippen LogP contribution in [0.15, 0.2) is 72.0 Å². The summed E-state index contributed by atoms with van der Waals surface area (Å²) in [6.07, 6.45) is 5.64. The van der Waals surface area contributed by atoms with Crippen molar-refractivity contribution in [2.24, 2.45) is 4.99 Å². The molecular formula is C22H14N4O. The monoisotopic (exact) mass is 350 g/mol. The molecule has 3 aromatic rings. The fourth-order valence-electron chi connectivity index (χ4n) is 3.21. The van der Waals surface area contributed by atoms with Crippen LogP contribution < -0.4 is 4.74 Å². The van der Waals surface area contributed by atoms with Crippen LogP contribution in [0.3, 0.4) is 0 Å². The van der Waals surface area contributed by atoms with Gasteiger partial charge in [-0.25, -0.2) is 0 Å². The van der Waals surface area contributed by atoms with Gasteiger partial charge in [0.1, 0.15) is 11.9 Å². The van der Waals surface area contributed by atoms with Crippen molar-refractivity contribution in [3.05, 3.63) is 83.7 Å². The first-order valence-electron chi connectivity index (χ1n) is 8.45. The van der Waals surface area contributed by atoms with E-state index in [9.17, 15) is 0 Å². The normalized spacial score (nSPS) is 16.7. The molecule has 0 amide bonds. The highest BCUT2D eigenvalue weighted by molar-refractivity contribution is 6.05. The lowest BCUT2D eigenvalue weighted by Crippen LogP contribution is -2.21. The molecule has 0 saturated heterocycles. The van der Waals surface area contributed by atoms with E-state index < -0.39 is 0 Å². The van der Waals surface area contributed by atoms with E-state index in [1.165, 1.54) is 0 Å². The van der Waals surface area contributed by atoms with Gasteiger partial charge in [0.25, 0.3) is 0 Å². The molecule has 2 heterocycles. The van der Waals surface area contributed by atoms with Gasteiger partial charge in [-0.2, -0.15) is 15.5 Å². The third-order valence-electron chi connectivity index (χ3n) is 4.50. The molecule has 27 heavy (non-hydrogen) atoms. The van der Waals surface area contributed by atoms with E-state index >= 15 is 0 Å². The zero-order chi connectivity index (χ0) is 18.6. The Morgan fingerprint density at radius 3 is 2.70 bits per heavy atom. The highest BCUT2D eigenvalue weighted by atomic mass is 16.5. The summed E-state index contributed by atoms with van der Waals surface area (Å²) in [4.78, 5) is 8.18. The predicted octanol–water partition coefficient (Wildman–Crippen LogP) is 4.41. The van der Waals surface area contributed by atoms with Crippen molar-refractivity contribution in [2.75, 3.05) is 0 Å². The lowest BCUT2D eigenvalue weighted by atomic mass is 9.93. The van der Waals surface area contributed by atoms with Crippen LogP contribution in [0.25, 0.3) is 11.1 Å². The molecule has 5 nitrogen and oxygen atoms in total. The molecule has 0 aliphatic carbocycles. The van der Waals surface area contributed by atoms with Crippen molar-refractivity contribution in [3.63, 3.8) is 0 Å². The van der Waals surface area contributed by atoms with E-state index in [1.54, 1.807) is 18.5 Å². The van der Waals surface area contributed by atoms with E-state index in [-0.39, 0.29) is 6.10 Å². The molecule has 1 aliphatic heterocycles. The maximum absolute atomic E-state index is 9.13. The van der Waals surface area contributed by atoms with Gasteiger partial charge in [0.2, 0.25) is 6.19 Å². The maximum atomic E-state index is 9.13. The molecule has 1 unspecified atom stereocenters. The van der Waals surface area contributed by atoms with Crippen molar-refractivity contribution in [2.45, 2.75) is 12.5 Å². The van der Waals surface area contributed by atoms with Gasteiger partial charge >= 0.3 is 0 Å². The number of ether oxygens (including phenoxy) is 1. The van der Waals surface area contributed by atoms with E-state index in [0.29, 0.717) is 23.4 Å². The Morgan fingerprint density at radius 2 is 1.93 bits per heavy atom. The zero-order valence-electron chi connectivity index (χ0n) is 14.3. The van der Waals surface area contributed by atoms with Crippen molar-refractivity contribution in [1.82, 2.24) is 4.98 Å². The molecule has 0 spiro atoms. The molecule has 128 valence electrons. The van der Waals surface area contributed by atoms with Gasteiger partial charge in [-0.1, -0.05) is 24.3 Å². The van der Waals surface area contributed by atoms with Crippen molar-refractivity contribution >= 4 is 5.71 Å². The molecule has 4 rings (SSSR count). The Hall–Kier alpha value is -3.96.